The van der Waals surface area contributed by atoms with Crippen LogP contribution in [0.5, 0.6) is 0 Å². The van der Waals surface area contributed by atoms with Crippen LogP contribution in [0.1, 0.15) is 9.60 Å². The van der Waals surface area contributed by atoms with E-state index < -0.39 is 6.04 Å². The maximum Gasteiger partial charge on any atom is 0.164 e. The third kappa shape index (κ3) is 5.69. The Balaban J connectivity index is 1.15. The molecule has 0 atom stereocenters. The lowest BCUT2D eigenvalue weighted by atomic mass is 10.0. The van der Waals surface area contributed by atoms with Crippen LogP contribution in [0.3, 0.4) is 0 Å². The van der Waals surface area contributed by atoms with Crippen molar-refractivity contribution in [3.05, 3.63) is 176 Å². The number of rotatable bonds is 6. The van der Waals surface area contributed by atoms with Gasteiger partial charge in [0.15, 0.2) is 17.5 Å². The molecule has 230 valence electrons. The minimum absolute atomic E-state index is 0.0623. The Labute approximate surface area is 298 Å². The van der Waals surface area contributed by atoms with Crippen LogP contribution in [0.4, 0.5) is 0 Å². The molecule has 7 aromatic carbocycles. The third-order valence-corrected chi connectivity index (χ3v) is 9.47. The van der Waals surface area contributed by atoms with Gasteiger partial charge in [-0.1, -0.05) is 158 Å². The summed E-state index contributed by atoms with van der Waals surface area (Å²) in [6.07, 6.45) is 0. The van der Waals surface area contributed by atoms with Gasteiger partial charge < -0.3 is 0 Å². The van der Waals surface area contributed by atoms with Crippen molar-refractivity contribution in [3.63, 3.8) is 0 Å². The van der Waals surface area contributed by atoms with Crippen molar-refractivity contribution < 1.29 is 9.60 Å². The highest BCUT2D eigenvalue weighted by atomic mass is 32.1. The number of hydrogen-bond donors (Lipinski definition) is 0. The Morgan fingerprint density at radius 3 is 1.22 bits per heavy atom. The number of benzene rings is 7. The number of aromatic nitrogens is 3. The summed E-state index contributed by atoms with van der Waals surface area (Å²) in [4.78, 5) is 14.8. The van der Waals surface area contributed by atoms with E-state index in [-0.39, 0.29) is 57.3 Å². The van der Waals surface area contributed by atoms with E-state index in [0.717, 1.165) is 44.7 Å². The van der Waals surface area contributed by atoms with E-state index in [1.165, 1.54) is 0 Å². The van der Waals surface area contributed by atoms with Gasteiger partial charge in [0.1, 0.15) is 0 Å². The molecule has 0 aliphatic rings. The van der Waals surface area contributed by atoms with Crippen molar-refractivity contribution in [3.8, 4) is 67.5 Å². The lowest BCUT2D eigenvalue weighted by molar-refractivity contribution is 1.07. The SMILES string of the molecule is [2H]c1c([2H])c([2H])c2c(sc3c([2H])c([2H])c(-c4ccc(-c5nc(-c6ccc(-c7ccccc7)cc6)nc(-c6ccc(-c7ccccc7)cc6)n5)cc4)c([2H])c32)c1[2H]. The van der Waals surface area contributed by atoms with Crippen LogP contribution in [0, 0.1) is 0 Å². The summed E-state index contributed by atoms with van der Waals surface area (Å²) in [6.45, 7) is 0. The van der Waals surface area contributed by atoms with Crippen LogP contribution in [0.2, 0.25) is 0 Å². The summed E-state index contributed by atoms with van der Waals surface area (Å²) in [5, 5.41) is 0.451. The second-order valence-electron chi connectivity index (χ2n) is 11.5. The smallest absolute Gasteiger partial charge is 0.164 e. The van der Waals surface area contributed by atoms with Gasteiger partial charge in [0.05, 0.1) is 9.60 Å². The van der Waals surface area contributed by atoms with Crippen molar-refractivity contribution >= 4 is 31.5 Å². The van der Waals surface area contributed by atoms with E-state index in [2.05, 4.69) is 24.3 Å². The van der Waals surface area contributed by atoms with E-state index >= 15 is 0 Å². The Kier molecular flexibility index (Phi) is 5.67. The predicted molar refractivity (Wildman–Crippen MR) is 205 cm³/mol. The van der Waals surface area contributed by atoms with Crippen molar-refractivity contribution in [2.75, 3.05) is 0 Å². The molecule has 0 aliphatic heterocycles. The lowest BCUT2D eigenvalue weighted by Gasteiger charge is -2.10. The second-order valence-corrected chi connectivity index (χ2v) is 12.6. The highest BCUT2D eigenvalue weighted by Crippen LogP contribution is 2.37. The minimum Gasteiger partial charge on any atom is -0.208 e. The summed E-state index contributed by atoms with van der Waals surface area (Å²) >= 11 is 1.02. The van der Waals surface area contributed by atoms with Crippen molar-refractivity contribution in [2.24, 2.45) is 0 Å². The standard InChI is InChI=1S/C45H29N3S/c1-3-9-30(10-4-1)32-15-21-35(22-16-32)43-46-44(36-23-17-33(18-24-36)31-11-5-2-6-12-31)48-45(47-43)37-25-19-34(20-26-37)38-27-28-42-40(29-38)39-13-7-8-14-41(39)49-42/h1-29H/i7D,8D,13D,14D,27D,28D,29D. The van der Waals surface area contributed by atoms with E-state index in [9.17, 15) is 1.37 Å². The zero-order valence-corrected chi connectivity index (χ0v) is 26.8. The number of fused-ring (bicyclic) bond motifs is 3. The molecule has 0 saturated heterocycles. The molecule has 2 aromatic heterocycles. The highest BCUT2D eigenvalue weighted by molar-refractivity contribution is 7.25. The molecular weight excluding hydrogens is 615 g/mol. The average Bonchev–Trinajstić information content (AvgIpc) is 3.67. The molecular formula is C45H29N3S. The topological polar surface area (TPSA) is 38.7 Å². The van der Waals surface area contributed by atoms with Crippen molar-refractivity contribution in [1.29, 1.82) is 0 Å². The van der Waals surface area contributed by atoms with Crippen molar-refractivity contribution in [1.82, 2.24) is 15.0 Å². The van der Waals surface area contributed by atoms with Crippen LogP contribution in [0.25, 0.3) is 87.7 Å². The fourth-order valence-corrected chi connectivity index (χ4v) is 6.80. The molecule has 4 heteroatoms. The molecule has 9 aromatic rings. The normalized spacial score (nSPS) is 13.3. The van der Waals surface area contributed by atoms with Crippen LogP contribution >= 0.6 is 11.3 Å². The monoisotopic (exact) mass is 650 g/mol. The average molecular weight is 651 g/mol. The maximum atomic E-state index is 9.23. The molecule has 3 nitrogen and oxygen atoms in total. The van der Waals surface area contributed by atoms with Crippen LogP contribution in [-0.2, 0) is 0 Å². The Hall–Kier alpha value is -6.23. The quantitative estimate of drug-likeness (QED) is 0.180. The van der Waals surface area contributed by atoms with Gasteiger partial charge in [-0.2, -0.15) is 0 Å². The van der Waals surface area contributed by atoms with Crippen molar-refractivity contribution in [2.45, 2.75) is 0 Å². The Morgan fingerprint density at radius 2 is 0.735 bits per heavy atom. The van der Waals surface area contributed by atoms with Crippen LogP contribution in [0.15, 0.2) is 176 Å². The molecule has 0 spiro atoms. The molecule has 0 fully saturated rings. The van der Waals surface area contributed by atoms with Crippen LogP contribution < -0.4 is 0 Å². The van der Waals surface area contributed by atoms with Gasteiger partial charge in [0.2, 0.25) is 0 Å². The van der Waals surface area contributed by atoms with E-state index in [1.54, 1.807) is 12.1 Å². The lowest BCUT2D eigenvalue weighted by Crippen LogP contribution is -2.00. The fourth-order valence-electron chi connectivity index (χ4n) is 5.88. The van der Waals surface area contributed by atoms with E-state index in [0.29, 0.717) is 33.3 Å². The van der Waals surface area contributed by atoms with Gasteiger partial charge in [0, 0.05) is 36.9 Å². The molecule has 0 amide bonds. The molecule has 0 bridgehead atoms. The minimum atomic E-state index is -0.399. The zero-order valence-electron chi connectivity index (χ0n) is 33.0. The van der Waals surface area contributed by atoms with Gasteiger partial charge in [-0.15, -0.1) is 11.3 Å². The first-order valence-electron chi connectivity index (χ1n) is 19.3. The summed E-state index contributed by atoms with van der Waals surface area (Å²) in [6, 6.07) is 42.1. The molecule has 0 radical (unpaired) electrons. The molecule has 2 heterocycles. The zero-order chi connectivity index (χ0) is 38.7. The molecule has 0 N–H and O–H groups in total. The van der Waals surface area contributed by atoms with Crippen LogP contribution in [-0.4, -0.2) is 15.0 Å². The van der Waals surface area contributed by atoms with Gasteiger partial charge in [-0.3, -0.25) is 0 Å². The Morgan fingerprint density at radius 1 is 0.347 bits per heavy atom. The summed E-state index contributed by atoms with van der Waals surface area (Å²) in [5.41, 5.74) is 7.40. The predicted octanol–water partition coefficient (Wildman–Crippen LogP) is 12.2. The van der Waals surface area contributed by atoms with Gasteiger partial charge in [-0.05, 0) is 51.5 Å². The summed E-state index contributed by atoms with van der Waals surface area (Å²) in [7, 11) is 0. The Bertz CT molecular complexity index is 2850. The molecule has 0 unspecified atom stereocenters. The third-order valence-electron chi connectivity index (χ3n) is 8.45. The van der Waals surface area contributed by atoms with Gasteiger partial charge in [0.25, 0.3) is 0 Å². The molecule has 49 heavy (non-hydrogen) atoms. The van der Waals surface area contributed by atoms with Gasteiger partial charge in [-0.25, -0.2) is 15.0 Å². The number of hydrogen-bond acceptors (Lipinski definition) is 4. The first kappa shape index (κ1) is 22.4. The second kappa shape index (κ2) is 12.4. The summed E-state index contributed by atoms with van der Waals surface area (Å²) in [5.74, 6) is 1.44. The number of nitrogens with zero attached hydrogens (tertiary/aromatic N) is 3. The number of thiophene rings is 1. The van der Waals surface area contributed by atoms with Gasteiger partial charge >= 0.3 is 0 Å². The molecule has 0 aliphatic carbocycles. The molecule has 0 saturated carbocycles. The first-order valence-corrected chi connectivity index (χ1v) is 16.6. The summed E-state index contributed by atoms with van der Waals surface area (Å²) < 4.78 is 61.0. The molecule has 9 rings (SSSR count). The van der Waals surface area contributed by atoms with E-state index in [1.807, 2.05) is 97.1 Å². The first-order chi connectivity index (χ1) is 27.2. The largest absolute Gasteiger partial charge is 0.208 e. The maximum absolute atomic E-state index is 9.23. The highest BCUT2D eigenvalue weighted by Gasteiger charge is 2.14. The van der Waals surface area contributed by atoms with E-state index in [4.69, 9.17) is 23.2 Å². The fraction of sp³-hybridized carbons (Fsp3) is 0.